The Labute approximate surface area is 126 Å². The second-order valence-corrected chi connectivity index (χ2v) is 5.80. The molecule has 1 aromatic carbocycles. The van der Waals surface area contributed by atoms with Crippen LogP contribution in [0.1, 0.15) is 36.4 Å². The zero-order valence-electron chi connectivity index (χ0n) is 13.3. The van der Waals surface area contributed by atoms with Crippen molar-refractivity contribution in [1.82, 2.24) is 14.8 Å². The standard InChI is InChI=1S/C16H24N4O/c1-11(2)8-20-15(18-10-19-20)9-21-16-12(3)5-14(7-17)6-13(16)4/h5-6,10-11H,7-9,17H2,1-4H3. The molecule has 0 atom stereocenters. The van der Waals surface area contributed by atoms with E-state index in [2.05, 4.69) is 36.1 Å². The van der Waals surface area contributed by atoms with Crippen LogP contribution in [-0.2, 0) is 19.7 Å². The number of rotatable bonds is 6. The van der Waals surface area contributed by atoms with Gasteiger partial charge in [-0.1, -0.05) is 26.0 Å². The van der Waals surface area contributed by atoms with E-state index in [0.29, 0.717) is 19.1 Å². The molecule has 114 valence electrons. The van der Waals surface area contributed by atoms with Crippen LogP contribution in [0.4, 0.5) is 0 Å². The Morgan fingerprint density at radius 3 is 2.48 bits per heavy atom. The largest absolute Gasteiger partial charge is 0.485 e. The fourth-order valence-corrected chi connectivity index (χ4v) is 2.42. The van der Waals surface area contributed by atoms with Crippen LogP contribution < -0.4 is 10.5 Å². The average molecular weight is 288 g/mol. The Balaban J connectivity index is 2.12. The van der Waals surface area contributed by atoms with Gasteiger partial charge in [0.25, 0.3) is 0 Å². The summed E-state index contributed by atoms with van der Waals surface area (Å²) in [7, 11) is 0. The van der Waals surface area contributed by atoms with E-state index in [9.17, 15) is 0 Å². The minimum Gasteiger partial charge on any atom is -0.485 e. The second-order valence-electron chi connectivity index (χ2n) is 5.80. The molecule has 1 heterocycles. The highest BCUT2D eigenvalue weighted by atomic mass is 16.5. The van der Waals surface area contributed by atoms with Crippen LogP contribution in [0.25, 0.3) is 0 Å². The van der Waals surface area contributed by atoms with Gasteiger partial charge < -0.3 is 10.5 Å². The van der Waals surface area contributed by atoms with E-state index in [1.54, 1.807) is 6.33 Å². The minimum atomic E-state index is 0.427. The Kier molecular flexibility index (Phi) is 4.96. The highest BCUT2D eigenvalue weighted by Crippen LogP contribution is 2.25. The molecule has 0 amide bonds. The van der Waals surface area contributed by atoms with E-state index >= 15 is 0 Å². The zero-order valence-corrected chi connectivity index (χ0v) is 13.3. The van der Waals surface area contributed by atoms with E-state index in [-0.39, 0.29) is 0 Å². The number of hydrogen-bond acceptors (Lipinski definition) is 4. The number of hydrogen-bond donors (Lipinski definition) is 1. The Hall–Kier alpha value is -1.88. The van der Waals surface area contributed by atoms with Gasteiger partial charge in [-0.2, -0.15) is 5.10 Å². The highest BCUT2D eigenvalue weighted by molar-refractivity contribution is 5.43. The van der Waals surface area contributed by atoms with Gasteiger partial charge in [0, 0.05) is 13.1 Å². The van der Waals surface area contributed by atoms with Gasteiger partial charge in [-0.05, 0) is 36.5 Å². The molecule has 2 aromatic rings. The quantitative estimate of drug-likeness (QED) is 0.887. The molecule has 0 radical (unpaired) electrons. The number of benzene rings is 1. The van der Waals surface area contributed by atoms with Crippen molar-refractivity contribution >= 4 is 0 Å². The number of nitrogens with two attached hydrogens (primary N) is 1. The van der Waals surface area contributed by atoms with E-state index < -0.39 is 0 Å². The first kappa shape index (κ1) is 15.5. The van der Waals surface area contributed by atoms with Crippen LogP contribution in [0, 0.1) is 19.8 Å². The Bertz CT molecular complexity index is 581. The van der Waals surface area contributed by atoms with Crippen molar-refractivity contribution in [2.24, 2.45) is 11.7 Å². The SMILES string of the molecule is Cc1cc(CN)cc(C)c1OCc1ncnn1CC(C)C. The van der Waals surface area contributed by atoms with Crippen molar-refractivity contribution in [2.75, 3.05) is 0 Å². The van der Waals surface area contributed by atoms with Crippen molar-refractivity contribution in [2.45, 2.75) is 47.4 Å². The van der Waals surface area contributed by atoms with Gasteiger partial charge >= 0.3 is 0 Å². The second kappa shape index (κ2) is 6.72. The van der Waals surface area contributed by atoms with Gasteiger partial charge in [-0.15, -0.1) is 0 Å². The average Bonchev–Trinajstić information content (AvgIpc) is 2.84. The molecule has 0 aliphatic carbocycles. The van der Waals surface area contributed by atoms with Gasteiger partial charge in [0.1, 0.15) is 18.7 Å². The smallest absolute Gasteiger partial charge is 0.164 e. The van der Waals surface area contributed by atoms with Crippen LogP contribution in [-0.4, -0.2) is 14.8 Å². The molecule has 0 aliphatic rings. The molecule has 0 saturated carbocycles. The molecular weight excluding hydrogens is 264 g/mol. The minimum absolute atomic E-state index is 0.427. The van der Waals surface area contributed by atoms with E-state index in [0.717, 1.165) is 34.8 Å². The van der Waals surface area contributed by atoms with Crippen LogP contribution in [0.3, 0.4) is 0 Å². The molecule has 21 heavy (non-hydrogen) atoms. The number of aryl methyl sites for hydroxylation is 2. The van der Waals surface area contributed by atoms with Crippen molar-refractivity contribution in [3.8, 4) is 5.75 Å². The number of aromatic nitrogens is 3. The van der Waals surface area contributed by atoms with Crippen LogP contribution in [0.15, 0.2) is 18.5 Å². The summed E-state index contributed by atoms with van der Waals surface area (Å²) in [6.45, 7) is 10.2. The summed E-state index contributed by atoms with van der Waals surface area (Å²) in [4.78, 5) is 4.28. The van der Waals surface area contributed by atoms with E-state index in [1.807, 2.05) is 18.5 Å². The first-order valence-corrected chi connectivity index (χ1v) is 7.31. The summed E-state index contributed by atoms with van der Waals surface area (Å²) in [6.07, 6.45) is 1.58. The lowest BCUT2D eigenvalue weighted by Gasteiger charge is -2.14. The van der Waals surface area contributed by atoms with Gasteiger partial charge in [0.2, 0.25) is 0 Å². The molecule has 0 unspecified atom stereocenters. The van der Waals surface area contributed by atoms with Gasteiger partial charge in [-0.3, -0.25) is 0 Å². The van der Waals surface area contributed by atoms with Gasteiger partial charge in [0.05, 0.1) is 0 Å². The number of nitrogens with zero attached hydrogens (tertiary/aromatic N) is 3. The molecule has 1 aromatic heterocycles. The first-order chi connectivity index (χ1) is 10.0. The lowest BCUT2D eigenvalue weighted by atomic mass is 10.1. The molecule has 0 bridgehead atoms. The third-order valence-electron chi connectivity index (χ3n) is 3.34. The fraction of sp³-hybridized carbons (Fsp3) is 0.500. The van der Waals surface area contributed by atoms with Crippen molar-refractivity contribution in [3.63, 3.8) is 0 Å². The molecule has 0 saturated heterocycles. The normalized spacial score (nSPS) is 11.1. The highest BCUT2D eigenvalue weighted by Gasteiger charge is 2.10. The Morgan fingerprint density at radius 1 is 1.24 bits per heavy atom. The molecular formula is C16H24N4O. The molecule has 0 fully saturated rings. The van der Waals surface area contributed by atoms with Gasteiger partial charge in [0.15, 0.2) is 5.82 Å². The van der Waals surface area contributed by atoms with Gasteiger partial charge in [-0.25, -0.2) is 9.67 Å². The predicted octanol–water partition coefficient (Wildman–Crippen LogP) is 2.59. The summed E-state index contributed by atoms with van der Waals surface area (Å²) >= 11 is 0. The van der Waals surface area contributed by atoms with Crippen molar-refractivity contribution in [3.05, 3.63) is 41.0 Å². The van der Waals surface area contributed by atoms with Crippen LogP contribution >= 0.6 is 0 Å². The molecule has 2 rings (SSSR count). The first-order valence-electron chi connectivity index (χ1n) is 7.31. The molecule has 0 spiro atoms. The maximum Gasteiger partial charge on any atom is 0.164 e. The molecule has 5 heteroatoms. The van der Waals surface area contributed by atoms with E-state index in [4.69, 9.17) is 10.5 Å². The summed E-state index contributed by atoms with van der Waals surface area (Å²) < 4.78 is 7.88. The van der Waals surface area contributed by atoms with Crippen LogP contribution in [0.5, 0.6) is 5.75 Å². The maximum absolute atomic E-state index is 5.97. The summed E-state index contributed by atoms with van der Waals surface area (Å²) in [5, 5.41) is 4.25. The zero-order chi connectivity index (χ0) is 15.4. The Morgan fingerprint density at radius 2 is 1.90 bits per heavy atom. The molecule has 2 N–H and O–H groups in total. The number of ether oxygens (including phenoxy) is 1. The fourth-order valence-electron chi connectivity index (χ4n) is 2.42. The molecule has 0 aliphatic heterocycles. The topological polar surface area (TPSA) is 66.0 Å². The third-order valence-corrected chi connectivity index (χ3v) is 3.34. The van der Waals surface area contributed by atoms with E-state index in [1.165, 1.54) is 0 Å². The predicted molar refractivity (Wildman–Crippen MR) is 83.0 cm³/mol. The summed E-state index contributed by atoms with van der Waals surface area (Å²) in [6, 6.07) is 4.14. The third kappa shape index (κ3) is 3.82. The molecule has 5 nitrogen and oxygen atoms in total. The van der Waals surface area contributed by atoms with Crippen molar-refractivity contribution < 1.29 is 4.74 Å². The maximum atomic E-state index is 5.97. The van der Waals surface area contributed by atoms with Crippen molar-refractivity contribution in [1.29, 1.82) is 0 Å². The van der Waals surface area contributed by atoms with Crippen LogP contribution in [0.2, 0.25) is 0 Å². The summed E-state index contributed by atoms with van der Waals surface area (Å²) in [5.41, 5.74) is 9.02. The summed E-state index contributed by atoms with van der Waals surface area (Å²) in [5.74, 6) is 2.29. The monoisotopic (exact) mass is 288 g/mol. The lowest BCUT2D eigenvalue weighted by Crippen LogP contribution is -2.13. The lowest BCUT2D eigenvalue weighted by molar-refractivity contribution is 0.279.